The first-order valence-corrected chi connectivity index (χ1v) is 5.04. The topological polar surface area (TPSA) is 73.1 Å². The van der Waals surface area contributed by atoms with Crippen molar-refractivity contribution >= 4 is 63.0 Å². The number of alkyl halides is 3. The summed E-state index contributed by atoms with van der Waals surface area (Å²) in [7, 11) is 0. The summed E-state index contributed by atoms with van der Waals surface area (Å²) < 4.78 is 36.9. The molecule has 0 radical (unpaired) electrons. The minimum atomic E-state index is -4.46. The predicted octanol–water partition coefficient (Wildman–Crippen LogP) is 2.35. The van der Waals surface area contributed by atoms with Crippen molar-refractivity contribution in [2.75, 3.05) is 5.32 Å². The molecule has 1 amide bonds. The molecule has 0 aliphatic heterocycles. The fourth-order valence-electron chi connectivity index (χ4n) is 1.23. The van der Waals surface area contributed by atoms with Gasteiger partial charge >= 0.3 is 57.6 Å². The van der Waals surface area contributed by atoms with E-state index in [1.807, 2.05) is 0 Å². The Hall–Kier alpha value is -0.854. The number of rotatable bonds is 2. The second-order valence-electron chi connectivity index (χ2n) is 3.60. The maximum absolute atomic E-state index is 12.3. The Labute approximate surface area is 155 Å². The number of amides is 1. The van der Waals surface area contributed by atoms with Crippen LogP contribution in [0, 0.1) is 11.3 Å². The molecule has 0 aliphatic rings. The van der Waals surface area contributed by atoms with Gasteiger partial charge in [0.2, 0.25) is 0 Å². The SMILES string of the molecule is C/C(O)=C(\C#N)C(=O)Nc1ccc(C(F)(F)F)cc1.[KH]. The van der Waals surface area contributed by atoms with Gasteiger partial charge in [-0.25, -0.2) is 0 Å². The number of benzene rings is 1. The van der Waals surface area contributed by atoms with Crippen LogP contribution < -0.4 is 5.32 Å². The maximum atomic E-state index is 12.3. The van der Waals surface area contributed by atoms with Gasteiger partial charge in [-0.2, -0.15) is 18.4 Å². The third kappa shape index (κ3) is 5.26. The van der Waals surface area contributed by atoms with Gasteiger partial charge in [-0.3, -0.25) is 4.79 Å². The van der Waals surface area contributed by atoms with Crippen LogP contribution in [-0.2, 0) is 11.0 Å². The van der Waals surface area contributed by atoms with E-state index in [9.17, 15) is 18.0 Å². The molecule has 0 aromatic heterocycles. The Morgan fingerprint density at radius 1 is 1.30 bits per heavy atom. The molecule has 0 bridgehead atoms. The van der Waals surface area contributed by atoms with Crippen LogP contribution in [0.2, 0.25) is 0 Å². The van der Waals surface area contributed by atoms with Gasteiger partial charge in [-0.05, 0) is 31.2 Å². The summed E-state index contributed by atoms with van der Waals surface area (Å²) in [6.45, 7) is 1.16. The summed E-state index contributed by atoms with van der Waals surface area (Å²) in [4.78, 5) is 11.5. The third-order valence-corrected chi connectivity index (χ3v) is 2.17. The van der Waals surface area contributed by atoms with Crippen molar-refractivity contribution in [3.8, 4) is 6.07 Å². The molecule has 0 saturated carbocycles. The van der Waals surface area contributed by atoms with Crippen molar-refractivity contribution in [2.24, 2.45) is 0 Å². The monoisotopic (exact) mass is 310 g/mol. The van der Waals surface area contributed by atoms with E-state index in [0.717, 1.165) is 31.2 Å². The van der Waals surface area contributed by atoms with Gasteiger partial charge in [0.25, 0.3) is 5.91 Å². The molecular weight excluding hydrogens is 300 g/mol. The van der Waals surface area contributed by atoms with Crippen LogP contribution in [0.1, 0.15) is 12.5 Å². The van der Waals surface area contributed by atoms with E-state index < -0.39 is 29.0 Å². The van der Waals surface area contributed by atoms with Crippen LogP contribution in [-0.4, -0.2) is 62.4 Å². The first kappa shape index (κ1) is 19.1. The molecule has 0 unspecified atom stereocenters. The number of anilines is 1. The molecular formula is C12H10F3KN2O2. The zero-order valence-corrected chi connectivity index (χ0v) is 9.75. The Bertz CT molecular complexity index is 556. The Morgan fingerprint density at radius 3 is 2.15 bits per heavy atom. The molecule has 0 aliphatic carbocycles. The van der Waals surface area contributed by atoms with Crippen molar-refractivity contribution < 1.29 is 23.1 Å². The summed E-state index contributed by atoms with van der Waals surface area (Å²) in [5.41, 5.74) is -1.26. The molecule has 2 N–H and O–H groups in total. The molecule has 0 atom stereocenters. The normalized spacial score (nSPS) is 11.8. The van der Waals surface area contributed by atoms with Gasteiger partial charge in [-0.1, -0.05) is 0 Å². The molecule has 102 valence electrons. The number of hydrogen-bond acceptors (Lipinski definition) is 3. The van der Waals surface area contributed by atoms with Gasteiger partial charge in [0.1, 0.15) is 11.8 Å². The third-order valence-electron chi connectivity index (χ3n) is 2.17. The zero-order chi connectivity index (χ0) is 14.6. The number of carbonyl (C=O) groups excluding carboxylic acids is 1. The average molecular weight is 310 g/mol. The number of allylic oxidation sites excluding steroid dienone is 1. The Morgan fingerprint density at radius 2 is 1.80 bits per heavy atom. The Balaban J connectivity index is 0.00000361. The molecule has 1 aromatic carbocycles. The zero-order valence-electron chi connectivity index (χ0n) is 9.75. The molecule has 1 rings (SSSR count). The van der Waals surface area contributed by atoms with E-state index in [4.69, 9.17) is 10.4 Å². The van der Waals surface area contributed by atoms with Crippen LogP contribution in [0.15, 0.2) is 35.6 Å². The van der Waals surface area contributed by atoms with Crippen LogP contribution in [0.5, 0.6) is 0 Å². The molecule has 4 nitrogen and oxygen atoms in total. The fourth-order valence-corrected chi connectivity index (χ4v) is 1.23. The predicted molar refractivity (Wildman–Crippen MR) is 68.2 cm³/mol. The molecule has 0 spiro atoms. The number of halogens is 3. The number of hydrogen-bond donors (Lipinski definition) is 2. The van der Waals surface area contributed by atoms with Crippen molar-refractivity contribution in [1.29, 1.82) is 5.26 Å². The molecule has 8 heteroatoms. The summed E-state index contributed by atoms with van der Waals surface area (Å²) in [5.74, 6) is -1.35. The van der Waals surface area contributed by atoms with E-state index in [1.165, 1.54) is 6.07 Å². The second kappa shape index (κ2) is 7.80. The van der Waals surface area contributed by atoms with E-state index in [0.29, 0.717) is 0 Å². The standard InChI is InChI=1S/C12H9F3N2O2.K.H/c1-7(18)10(6-16)11(19)17-9-4-2-8(3-5-9)12(13,14)15;;/h2-5,18H,1H3,(H,17,19);;/b10-7-;;. The molecule has 20 heavy (non-hydrogen) atoms. The fraction of sp³-hybridized carbons (Fsp3) is 0.167. The molecule has 0 heterocycles. The van der Waals surface area contributed by atoms with E-state index in [-0.39, 0.29) is 57.1 Å². The van der Waals surface area contributed by atoms with E-state index >= 15 is 0 Å². The average Bonchev–Trinajstić information content (AvgIpc) is 2.28. The summed E-state index contributed by atoms with van der Waals surface area (Å²) in [5, 5.41) is 19.9. The van der Waals surface area contributed by atoms with Crippen molar-refractivity contribution in [3.05, 3.63) is 41.2 Å². The van der Waals surface area contributed by atoms with Crippen molar-refractivity contribution in [2.45, 2.75) is 13.1 Å². The number of aliphatic hydroxyl groups is 1. The van der Waals surface area contributed by atoms with E-state index in [1.54, 1.807) is 0 Å². The first-order chi connectivity index (χ1) is 8.75. The van der Waals surface area contributed by atoms with Gasteiger partial charge in [-0.15, -0.1) is 0 Å². The van der Waals surface area contributed by atoms with Crippen LogP contribution in [0.3, 0.4) is 0 Å². The van der Waals surface area contributed by atoms with Gasteiger partial charge in [0, 0.05) is 5.69 Å². The summed E-state index contributed by atoms with van der Waals surface area (Å²) >= 11 is 0. The van der Waals surface area contributed by atoms with Crippen LogP contribution in [0.4, 0.5) is 18.9 Å². The van der Waals surface area contributed by atoms with Gasteiger partial charge in [0.05, 0.1) is 5.56 Å². The van der Waals surface area contributed by atoms with Gasteiger partial charge < -0.3 is 10.4 Å². The molecule has 0 saturated heterocycles. The van der Waals surface area contributed by atoms with Gasteiger partial charge in [0.15, 0.2) is 5.57 Å². The Kier molecular flexibility index (Phi) is 7.47. The number of nitriles is 1. The van der Waals surface area contributed by atoms with E-state index in [2.05, 4.69) is 5.32 Å². The summed E-state index contributed by atoms with van der Waals surface area (Å²) in [6.07, 6.45) is -4.46. The number of carbonyl (C=O) groups is 1. The van der Waals surface area contributed by atoms with Crippen LogP contribution in [0.25, 0.3) is 0 Å². The second-order valence-corrected chi connectivity index (χ2v) is 3.60. The number of aliphatic hydroxyl groups excluding tert-OH is 1. The summed E-state index contributed by atoms with van der Waals surface area (Å²) in [6, 6.07) is 5.22. The minimum absolute atomic E-state index is 0. The number of nitrogens with one attached hydrogen (secondary N) is 1. The molecule has 1 aromatic rings. The number of nitrogens with zero attached hydrogens (tertiary/aromatic N) is 1. The van der Waals surface area contributed by atoms with Crippen molar-refractivity contribution in [1.82, 2.24) is 0 Å². The first-order valence-electron chi connectivity index (χ1n) is 5.04. The van der Waals surface area contributed by atoms with Crippen LogP contribution >= 0.6 is 0 Å². The quantitative estimate of drug-likeness (QED) is 0.381. The van der Waals surface area contributed by atoms with Crippen molar-refractivity contribution in [3.63, 3.8) is 0 Å². The molecule has 0 fully saturated rings.